The molecule has 3 nitrogen and oxygen atoms in total. The van der Waals surface area contributed by atoms with Crippen molar-refractivity contribution in [3.63, 3.8) is 0 Å². The molecule has 104 valence electrons. The Hall–Kier alpha value is -2.50. The summed E-state index contributed by atoms with van der Waals surface area (Å²) in [6.45, 7) is 0. The highest BCUT2D eigenvalue weighted by Crippen LogP contribution is 2.38. The van der Waals surface area contributed by atoms with E-state index in [1.807, 2.05) is 0 Å². The van der Waals surface area contributed by atoms with E-state index in [9.17, 15) is 23.1 Å². The van der Waals surface area contributed by atoms with Crippen molar-refractivity contribution in [2.24, 2.45) is 0 Å². The highest BCUT2D eigenvalue weighted by molar-refractivity contribution is 5.95. The third-order valence-electron chi connectivity index (χ3n) is 2.66. The smallest absolute Gasteiger partial charge is 0.418 e. The van der Waals surface area contributed by atoms with Gasteiger partial charge in [-0.2, -0.15) is 13.2 Å². The number of halogens is 3. The molecule has 0 fully saturated rings. The van der Waals surface area contributed by atoms with Crippen molar-refractivity contribution in [2.75, 3.05) is 4.90 Å². The van der Waals surface area contributed by atoms with Crippen LogP contribution in [-0.2, 0) is 6.18 Å². The predicted octanol–water partition coefficient (Wildman–Crippen LogP) is 4.52. The van der Waals surface area contributed by atoms with Gasteiger partial charge in [-0.1, -0.05) is 30.3 Å². The van der Waals surface area contributed by atoms with E-state index < -0.39 is 23.5 Å². The Kier molecular flexibility index (Phi) is 3.65. The van der Waals surface area contributed by atoms with Crippen LogP contribution in [0.3, 0.4) is 0 Å². The fourth-order valence-corrected chi connectivity index (χ4v) is 1.84. The van der Waals surface area contributed by atoms with E-state index in [-0.39, 0.29) is 5.69 Å². The zero-order chi connectivity index (χ0) is 14.8. The molecular formula is C14H10F3NO2. The number of nitrogens with zero attached hydrogens (tertiary/aromatic N) is 1. The largest absolute Gasteiger partial charge is 0.464 e. The molecule has 0 aliphatic heterocycles. The number of benzene rings is 2. The second kappa shape index (κ2) is 5.24. The van der Waals surface area contributed by atoms with Crippen molar-refractivity contribution in [2.45, 2.75) is 6.18 Å². The molecule has 0 unspecified atom stereocenters. The number of carbonyl (C=O) groups is 1. The van der Waals surface area contributed by atoms with Crippen LogP contribution in [0.25, 0.3) is 0 Å². The highest BCUT2D eigenvalue weighted by atomic mass is 19.4. The third kappa shape index (κ3) is 2.74. The lowest BCUT2D eigenvalue weighted by Gasteiger charge is -2.23. The van der Waals surface area contributed by atoms with Gasteiger partial charge in [0, 0.05) is 0 Å². The Bertz CT molecular complexity index is 611. The molecule has 2 aromatic carbocycles. The number of carboxylic acid groups (broad SMARTS) is 1. The van der Waals surface area contributed by atoms with Gasteiger partial charge >= 0.3 is 12.3 Å². The monoisotopic (exact) mass is 281 g/mol. The van der Waals surface area contributed by atoms with Gasteiger partial charge in [-0.05, 0) is 24.3 Å². The standard InChI is InChI=1S/C14H10F3NO2/c15-14(16,17)11-8-4-5-9-12(11)18(13(19)20)10-6-2-1-3-7-10/h1-9H,(H,19,20). The van der Waals surface area contributed by atoms with E-state index in [0.717, 1.165) is 12.1 Å². The summed E-state index contributed by atoms with van der Waals surface area (Å²) in [4.78, 5) is 12.0. The first-order valence-electron chi connectivity index (χ1n) is 5.65. The maximum Gasteiger partial charge on any atom is 0.418 e. The minimum absolute atomic E-state index is 0.150. The number of hydrogen-bond donors (Lipinski definition) is 1. The molecule has 0 aromatic heterocycles. The summed E-state index contributed by atoms with van der Waals surface area (Å²) in [6.07, 6.45) is -6.10. The molecule has 2 aromatic rings. The van der Waals surface area contributed by atoms with Gasteiger partial charge < -0.3 is 5.11 Å². The van der Waals surface area contributed by atoms with Crippen LogP contribution in [0.15, 0.2) is 54.6 Å². The summed E-state index contributed by atoms with van der Waals surface area (Å²) in [6, 6.07) is 12.2. The van der Waals surface area contributed by atoms with Crippen molar-refractivity contribution in [1.82, 2.24) is 0 Å². The van der Waals surface area contributed by atoms with Gasteiger partial charge in [-0.3, -0.25) is 0 Å². The molecule has 0 radical (unpaired) electrons. The molecule has 0 heterocycles. The fraction of sp³-hybridized carbons (Fsp3) is 0.0714. The van der Waals surface area contributed by atoms with E-state index >= 15 is 0 Å². The van der Waals surface area contributed by atoms with E-state index in [4.69, 9.17) is 0 Å². The van der Waals surface area contributed by atoms with Crippen LogP contribution < -0.4 is 4.90 Å². The molecule has 0 spiro atoms. The van der Waals surface area contributed by atoms with Crippen molar-refractivity contribution >= 4 is 17.5 Å². The lowest BCUT2D eigenvalue weighted by atomic mass is 10.1. The second-order valence-corrected chi connectivity index (χ2v) is 3.97. The number of para-hydroxylation sites is 2. The van der Waals surface area contributed by atoms with Gasteiger partial charge in [0.05, 0.1) is 16.9 Å². The molecule has 0 saturated heterocycles. The molecule has 0 aliphatic rings. The first-order valence-corrected chi connectivity index (χ1v) is 5.65. The molecule has 0 aliphatic carbocycles. The van der Waals surface area contributed by atoms with Crippen molar-refractivity contribution in [1.29, 1.82) is 0 Å². The maximum absolute atomic E-state index is 13.0. The number of amides is 1. The molecule has 6 heteroatoms. The van der Waals surface area contributed by atoms with Gasteiger partial charge in [0.25, 0.3) is 0 Å². The Balaban J connectivity index is 2.60. The molecule has 20 heavy (non-hydrogen) atoms. The first kappa shape index (κ1) is 13.9. The Labute approximate surface area is 112 Å². The zero-order valence-electron chi connectivity index (χ0n) is 10.1. The number of hydrogen-bond acceptors (Lipinski definition) is 1. The van der Waals surface area contributed by atoms with E-state index in [1.54, 1.807) is 18.2 Å². The first-order chi connectivity index (χ1) is 9.41. The topological polar surface area (TPSA) is 40.5 Å². The number of anilines is 2. The molecule has 2 rings (SSSR count). The quantitative estimate of drug-likeness (QED) is 0.879. The number of alkyl halides is 3. The summed E-state index contributed by atoms with van der Waals surface area (Å²) < 4.78 is 38.9. The summed E-state index contributed by atoms with van der Waals surface area (Å²) in [7, 11) is 0. The second-order valence-electron chi connectivity index (χ2n) is 3.97. The summed E-state index contributed by atoms with van der Waals surface area (Å²) in [5.41, 5.74) is -1.26. The number of rotatable bonds is 2. The molecular weight excluding hydrogens is 271 g/mol. The fourth-order valence-electron chi connectivity index (χ4n) is 1.84. The van der Waals surface area contributed by atoms with Gasteiger partial charge in [0.1, 0.15) is 0 Å². The summed E-state index contributed by atoms with van der Waals surface area (Å²) in [5.74, 6) is 0. The molecule has 0 atom stereocenters. The van der Waals surface area contributed by atoms with Crippen LogP contribution >= 0.6 is 0 Å². The van der Waals surface area contributed by atoms with Gasteiger partial charge in [0.2, 0.25) is 0 Å². The van der Waals surface area contributed by atoms with Crippen LogP contribution in [0.2, 0.25) is 0 Å². The zero-order valence-corrected chi connectivity index (χ0v) is 10.1. The lowest BCUT2D eigenvalue weighted by Crippen LogP contribution is -2.26. The van der Waals surface area contributed by atoms with Crippen LogP contribution in [0, 0.1) is 0 Å². The van der Waals surface area contributed by atoms with Crippen molar-refractivity contribution in [3.8, 4) is 0 Å². The lowest BCUT2D eigenvalue weighted by molar-refractivity contribution is -0.137. The Morgan fingerprint density at radius 2 is 1.50 bits per heavy atom. The molecule has 0 saturated carbocycles. The maximum atomic E-state index is 13.0. The van der Waals surface area contributed by atoms with Gasteiger partial charge in [0.15, 0.2) is 0 Å². The van der Waals surface area contributed by atoms with Crippen LogP contribution in [0.1, 0.15) is 5.56 Å². The average Bonchev–Trinajstić information content (AvgIpc) is 2.39. The van der Waals surface area contributed by atoms with E-state index in [2.05, 4.69) is 0 Å². The normalized spacial score (nSPS) is 11.2. The van der Waals surface area contributed by atoms with Gasteiger partial charge in [-0.25, -0.2) is 9.69 Å². The van der Waals surface area contributed by atoms with Crippen LogP contribution in [-0.4, -0.2) is 11.2 Å². The third-order valence-corrected chi connectivity index (χ3v) is 2.66. The van der Waals surface area contributed by atoms with Crippen LogP contribution in [0.4, 0.5) is 29.3 Å². The molecule has 1 amide bonds. The predicted molar refractivity (Wildman–Crippen MR) is 68.0 cm³/mol. The SMILES string of the molecule is O=C(O)N(c1ccccc1)c1ccccc1C(F)(F)F. The van der Waals surface area contributed by atoms with Crippen molar-refractivity contribution < 1.29 is 23.1 Å². The summed E-state index contributed by atoms with van der Waals surface area (Å²) >= 11 is 0. The van der Waals surface area contributed by atoms with E-state index in [0.29, 0.717) is 4.90 Å². The van der Waals surface area contributed by atoms with Crippen molar-refractivity contribution in [3.05, 3.63) is 60.2 Å². The van der Waals surface area contributed by atoms with Crippen LogP contribution in [0.5, 0.6) is 0 Å². The van der Waals surface area contributed by atoms with Gasteiger partial charge in [-0.15, -0.1) is 0 Å². The minimum Gasteiger partial charge on any atom is -0.464 e. The Morgan fingerprint density at radius 3 is 2.05 bits per heavy atom. The summed E-state index contributed by atoms with van der Waals surface area (Å²) in [5, 5.41) is 9.23. The average molecular weight is 281 g/mol. The highest BCUT2D eigenvalue weighted by Gasteiger charge is 2.36. The molecule has 0 bridgehead atoms. The van der Waals surface area contributed by atoms with E-state index in [1.165, 1.54) is 24.3 Å². The molecule has 1 N–H and O–H groups in total. The minimum atomic E-state index is -4.63. The Morgan fingerprint density at radius 1 is 0.950 bits per heavy atom.